The summed E-state index contributed by atoms with van der Waals surface area (Å²) in [6.07, 6.45) is 1.06. The fourth-order valence-corrected chi connectivity index (χ4v) is 3.93. The average molecular weight is 286 g/mol. The minimum atomic E-state index is -0.493. The van der Waals surface area contributed by atoms with Crippen molar-refractivity contribution in [2.45, 2.75) is 25.0 Å². The van der Waals surface area contributed by atoms with Gasteiger partial charge in [-0.1, -0.05) is 13.8 Å². The van der Waals surface area contributed by atoms with Gasteiger partial charge < -0.3 is 16.4 Å². The summed E-state index contributed by atoms with van der Waals surface area (Å²) < 4.78 is 4.33. The summed E-state index contributed by atoms with van der Waals surface area (Å²) in [7, 11) is 0. The number of primary amides is 1. The lowest BCUT2D eigenvalue weighted by Crippen LogP contribution is -2.28. The molecular weight excluding hydrogens is 268 g/mol. The highest BCUT2D eigenvalue weighted by Gasteiger charge is 2.27. The van der Waals surface area contributed by atoms with Crippen LogP contribution in [0.2, 0.25) is 0 Å². The van der Waals surface area contributed by atoms with E-state index < -0.39 is 5.91 Å². The maximum Gasteiger partial charge on any atom is 0.255 e. The van der Waals surface area contributed by atoms with E-state index in [0.717, 1.165) is 30.3 Å². The van der Waals surface area contributed by atoms with Crippen molar-refractivity contribution >= 4 is 40.0 Å². The summed E-state index contributed by atoms with van der Waals surface area (Å²) in [5, 5.41) is 0.818. The van der Waals surface area contributed by atoms with Gasteiger partial charge in [0.05, 0.1) is 0 Å². The third-order valence-corrected chi connectivity index (χ3v) is 5.37. The van der Waals surface area contributed by atoms with Crippen molar-refractivity contribution in [2.24, 2.45) is 5.73 Å². The Hall–Kier alpha value is -0.950. The second-order valence-electron chi connectivity index (χ2n) is 4.96. The number of rotatable bonds is 2. The number of nitrogens with zero attached hydrogens (tertiary/aromatic N) is 2. The van der Waals surface area contributed by atoms with Gasteiger partial charge in [0.1, 0.15) is 10.6 Å². The van der Waals surface area contributed by atoms with E-state index in [1.54, 1.807) is 0 Å². The molecule has 1 aromatic rings. The molecule has 0 radical (unpaired) electrons. The van der Waals surface area contributed by atoms with Crippen LogP contribution in [0.3, 0.4) is 0 Å². The van der Waals surface area contributed by atoms with Gasteiger partial charge in [0.15, 0.2) is 5.82 Å². The molecule has 0 aromatic carbocycles. The Morgan fingerprint density at radius 3 is 2.83 bits per heavy atom. The first-order valence-electron chi connectivity index (χ1n) is 5.84. The molecule has 7 heteroatoms. The van der Waals surface area contributed by atoms with Gasteiger partial charge in [-0.15, -0.1) is 0 Å². The summed E-state index contributed by atoms with van der Waals surface area (Å²) in [4.78, 5) is 13.6. The zero-order valence-corrected chi connectivity index (χ0v) is 12.2. The molecule has 0 atom stereocenters. The number of aromatic nitrogens is 1. The van der Waals surface area contributed by atoms with Gasteiger partial charge >= 0.3 is 0 Å². The quantitative estimate of drug-likeness (QED) is 0.861. The molecule has 18 heavy (non-hydrogen) atoms. The molecule has 4 N–H and O–H groups in total. The summed E-state index contributed by atoms with van der Waals surface area (Å²) in [5.74, 6) is 0.786. The van der Waals surface area contributed by atoms with Crippen LogP contribution in [0.15, 0.2) is 0 Å². The Morgan fingerprint density at radius 1 is 1.44 bits per heavy atom. The number of thioether (sulfide) groups is 1. The smallest absolute Gasteiger partial charge is 0.255 e. The molecule has 1 saturated heterocycles. The van der Waals surface area contributed by atoms with Crippen LogP contribution in [-0.2, 0) is 0 Å². The highest BCUT2D eigenvalue weighted by Crippen LogP contribution is 2.36. The van der Waals surface area contributed by atoms with Crippen molar-refractivity contribution < 1.29 is 4.79 Å². The molecule has 1 fully saturated rings. The predicted octanol–water partition coefficient (Wildman–Crippen LogP) is 1.55. The summed E-state index contributed by atoms with van der Waals surface area (Å²) in [5.41, 5.74) is 11.5. The van der Waals surface area contributed by atoms with Gasteiger partial charge in [0.2, 0.25) is 0 Å². The standard InChI is InChI=1S/C11H18N4OS2/c1-11(2)3-4-15(5-6-17-11)10-7(9(13)16)8(12)14-18-10/h3-6H2,1-2H3,(H2,12,14)(H2,13,16). The molecule has 1 aromatic heterocycles. The van der Waals surface area contributed by atoms with Crippen LogP contribution in [0.4, 0.5) is 10.8 Å². The molecule has 0 aliphatic carbocycles. The van der Waals surface area contributed by atoms with Crippen LogP contribution in [0.1, 0.15) is 30.6 Å². The third-order valence-electron chi connectivity index (χ3n) is 3.07. The second-order valence-corrected chi connectivity index (χ2v) is 7.51. The number of carbonyl (C=O) groups is 1. The number of anilines is 2. The molecule has 1 aliphatic heterocycles. The topological polar surface area (TPSA) is 85.2 Å². The Labute approximate surface area is 115 Å². The van der Waals surface area contributed by atoms with Crippen LogP contribution in [0.25, 0.3) is 0 Å². The monoisotopic (exact) mass is 286 g/mol. The Bertz CT molecular complexity index is 458. The van der Waals surface area contributed by atoms with Gasteiger partial charge in [-0.2, -0.15) is 16.1 Å². The average Bonchev–Trinajstić information content (AvgIpc) is 2.55. The Kier molecular flexibility index (Phi) is 3.72. The summed E-state index contributed by atoms with van der Waals surface area (Å²) in [6.45, 7) is 6.30. The first-order valence-corrected chi connectivity index (χ1v) is 7.60. The molecule has 1 amide bonds. The number of hydrogen-bond acceptors (Lipinski definition) is 6. The number of nitrogens with two attached hydrogens (primary N) is 2. The number of nitrogen functional groups attached to an aromatic ring is 1. The zero-order valence-electron chi connectivity index (χ0n) is 10.6. The third kappa shape index (κ3) is 2.72. The van der Waals surface area contributed by atoms with Crippen LogP contribution in [-0.4, -0.2) is 33.9 Å². The van der Waals surface area contributed by atoms with Crippen molar-refractivity contribution in [3.8, 4) is 0 Å². The van der Waals surface area contributed by atoms with Crippen molar-refractivity contribution in [3.63, 3.8) is 0 Å². The van der Waals surface area contributed by atoms with Gasteiger partial charge in [0.25, 0.3) is 5.91 Å². The largest absolute Gasteiger partial charge is 0.382 e. The highest BCUT2D eigenvalue weighted by molar-refractivity contribution is 8.00. The van der Waals surface area contributed by atoms with Crippen molar-refractivity contribution in [2.75, 3.05) is 29.5 Å². The van der Waals surface area contributed by atoms with E-state index in [4.69, 9.17) is 11.5 Å². The number of hydrogen-bond donors (Lipinski definition) is 2. The maximum absolute atomic E-state index is 11.4. The van der Waals surface area contributed by atoms with Gasteiger partial charge in [0, 0.05) is 23.6 Å². The normalized spacial score (nSPS) is 19.6. The second kappa shape index (κ2) is 4.97. The van der Waals surface area contributed by atoms with E-state index in [9.17, 15) is 4.79 Å². The lowest BCUT2D eigenvalue weighted by atomic mass is 10.1. The van der Waals surface area contributed by atoms with Crippen molar-refractivity contribution in [3.05, 3.63) is 5.56 Å². The van der Waals surface area contributed by atoms with Crippen LogP contribution in [0, 0.1) is 0 Å². The lowest BCUT2D eigenvalue weighted by molar-refractivity contribution is 0.100. The van der Waals surface area contributed by atoms with E-state index in [-0.39, 0.29) is 10.6 Å². The fourth-order valence-electron chi connectivity index (χ4n) is 1.96. The molecule has 2 heterocycles. The molecule has 5 nitrogen and oxygen atoms in total. The number of amides is 1. The predicted molar refractivity (Wildman–Crippen MR) is 78.4 cm³/mol. The number of carbonyl (C=O) groups excluding carboxylic acids is 1. The van der Waals surface area contributed by atoms with E-state index in [2.05, 4.69) is 23.1 Å². The first-order chi connectivity index (χ1) is 8.41. The minimum absolute atomic E-state index is 0.249. The van der Waals surface area contributed by atoms with Crippen LogP contribution < -0.4 is 16.4 Å². The molecule has 0 bridgehead atoms. The summed E-state index contributed by atoms with van der Waals surface area (Å²) >= 11 is 3.22. The highest BCUT2D eigenvalue weighted by atomic mass is 32.2. The molecule has 0 unspecified atom stereocenters. The first kappa shape index (κ1) is 13.5. The van der Waals surface area contributed by atoms with Crippen molar-refractivity contribution in [1.29, 1.82) is 0 Å². The van der Waals surface area contributed by atoms with Gasteiger partial charge in [-0.25, -0.2) is 0 Å². The molecule has 1 aliphatic rings. The summed E-state index contributed by atoms with van der Waals surface area (Å²) in [6, 6.07) is 0. The maximum atomic E-state index is 11.4. The minimum Gasteiger partial charge on any atom is -0.382 e. The van der Waals surface area contributed by atoms with Gasteiger partial charge in [-0.05, 0) is 18.0 Å². The van der Waals surface area contributed by atoms with Crippen LogP contribution >= 0.6 is 23.3 Å². The Morgan fingerprint density at radius 2 is 2.17 bits per heavy atom. The lowest BCUT2D eigenvalue weighted by Gasteiger charge is -2.23. The zero-order chi connectivity index (χ0) is 13.3. The SMILES string of the molecule is CC1(C)CCN(c2snc(N)c2C(N)=O)CCS1. The van der Waals surface area contributed by atoms with Gasteiger partial charge in [-0.3, -0.25) is 4.79 Å². The molecular formula is C11H18N4OS2. The van der Waals surface area contributed by atoms with E-state index >= 15 is 0 Å². The molecule has 2 rings (SSSR count). The van der Waals surface area contributed by atoms with E-state index in [1.165, 1.54) is 11.5 Å². The molecule has 0 saturated carbocycles. The van der Waals surface area contributed by atoms with Crippen molar-refractivity contribution in [1.82, 2.24) is 4.37 Å². The van der Waals surface area contributed by atoms with E-state index in [1.807, 2.05) is 11.8 Å². The molecule has 100 valence electrons. The van der Waals surface area contributed by atoms with Crippen LogP contribution in [0.5, 0.6) is 0 Å². The van der Waals surface area contributed by atoms with E-state index in [0.29, 0.717) is 5.56 Å². The Balaban J connectivity index is 2.24. The molecule has 0 spiro atoms. The fraction of sp³-hybridized carbons (Fsp3) is 0.636.